The Morgan fingerprint density at radius 2 is 1.61 bits per heavy atom. The number of halogens is 3. The highest BCUT2D eigenvalue weighted by Crippen LogP contribution is 2.43. The molecule has 1 amide bonds. The lowest BCUT2D eigenvalue weighted by Crippen LogP contribution is -2.30. The third-order valence-electron chi connectivity index (χ3n) is 7.17. The van der Waals surface area contributed by atoms with E-state index in [4.69, 9.17) is 15.2 Å². The highest BCUT2D eigenvalue weighted by molar-refractivity contribution is 7.21. The van der Waals surface area contributed by atoms with Crippen molar-refractivity contribution in [3.8, 4) is 28.1 Å². The summed E-state index contributed by atoms with van der Waals surface area (Å²) >= 11 is 1.06. The molecule has 44 heavy (non-hydrogen) atoms. The summed E-state index contributed by atoms with van der Waals surface area (Å²) < 4.78 is 46.8. The van der Waals surface area contributed by atoms with Crippen molar-refractivity contribution in [3.63, 3.8) is 0 Å². The summed E-state index contributed by atoms with van der Waals surface area (Å²) in [5.41, 5.74) is 9.09. The van der Waals surface area contributed by atoms with Crippen LogP contribution in [0.3, 0.4) is 0 Å². The fourth-order valence-electron chi connectivity index (χ4n) is 5.07. The zero-order chi connectivity index (χ0) is 30.4. The second-order valence-electron chi connectivity index (χ2n) is 9.92. The molecular weight excluding hydrogens is 587 g/mol. The van der Waals surface area contributed by atoms with Crippen molar-refractivity contribution >= 4 is 49.8 Å². The molecule has 0 saturated heterocycles. The van der Waals surface area contributed by atoms with Gasteiger partial charge in [0.2, 0.25) is 17.2 Å². The topological polar surface area (TPSA) is 100.0 Å². The second-order valence-corrected chi connectivity index (χ2v) is 10.9. The minimum atomic E-state index is -4.48. The number of nitrogens with zero attached hydrogens (tertiary/aromatic N) is 4. The molecule has 0 aliphatic heterocycles. The van der Waals surface area contributed by atoms with Gasteiger partial charge in [0.1, 0.15) is 16.6 Å². The molecule has 0 bridgehead atoms. The number of amides is 1. The fourth-order valence-corrected chi connectivity index (χ4v) is 6.08. The first-order valence-electron chi connectivity index (χ1n) is 13.4. The van der Waals surface area contributed by atoms with E-state index in [1.165, 1.54) is 23.0 Å². The van der Waals surface area contributed by atoms with E-state index in [1.807, 2.05) is 72.8 Å². The van der Waals surface area contributed by atoms with Crippen LogP contribution in [-0.2, 0) is 6.18 Å². The summed E-state index contributed by atoms with van der Waals surface area (Å²) in [7, 11) is 0. The maximum atomic E-state index is 13.4. The zero-order valence-electron chi connectivity index (χ0n) is 22.6. The van der Waals surface area contributed by atoms with Crippen molar-refractivity contribution in [3.05, 3.63) is 125 Å². The van der Waals surface area contributed by atoms with E-state index in [-0.39, 0.29) is 16.4 Å². The Labute approximate surface area is 252 Å². The monoisotopic (exact) mass is 607 g/mol. The normalized spacial score (nSPS) is 11.7. The van der Waals surface area contributed by atoms with Crippen molar-refractivity contribution in [1.82, 2.24) is 10.3 Å². The number of para-hydroxylation sites is 1. The number of thiophene rings is 1. The molecule has 0 saturated carbocycles. The minimum Gasteiger partial charge on any atom is -0.583 e. The van der Waals surface area contributed by atoms with Gasteiger partial charge in [0.25, 0.3) is 0 Å². The van der Waals surface area contributed by atoms with Crippen LogP contribution in [0.2, 0.25) is 0 Å². The molecular formula is C33H20F3N5O2S. The van der Waals surface area contributed by atoms with E-state index < -0.39 is 17.6 Å². The molecule has 0 spiro atoms. The summed E-state index contributed by atoms with van der Waals surface area (Å²) in [5, 5.41) is 10.4. The molecule has 11 heteroatoms. The van der Waals surface area contributed by atoms with Crippen LogP contribution in [0, 0.1) is 0 Å². The van der Waals surface area contributed by atoms with Gasteiger partial charge in [0.15, 0.2) is 0 Å². The molecule has 7 aromatic rings. The largest absolute Gasteiger partial charge is 0.583 e. The van der Waals surface area contributed by atoms with Gasteiger partial charge in [-0.3, -0.25) is 0 Å². The summed E-state index contributed by atoms with van der Waals surface area (Å²) in [6.45, 7) is 0. The number of nitrogens with two attached hydrogens (primary N) is 1. The number of pyridine rings is 1. The highest BCUT2D eigenvalue weighted by Gasteiger charge is 2.30. The number of aromatic nitrogens is 3. The first-order valence-corrected chi connectivity index (χ1v) is 14.2. The number of benzene rings is 4. The minimum absolute atomic E-state index is 0.0249. The quantitative estimate of drug-likeness (QED) is 0.198. The molecule has 7 nitrogen and oxygen atoms in total. The number of rotatable bonds is 5. The molecule has 0 fully saturated rings. The van der Waals surface area contributed by atoms with Crippen LogP contribution in [0.25, 0.3) is 54.4 Å². The number of nitrogen functional groups attached to an aromatic ring is 1. The number of carbonyl (C=O) groups is 1. The first-order chi connectivity index (χ1) is 21.3. The van der Waals surface area contributed by atoms with Crippen molar-refractivity contribution in [2.45, 2.75) is 6.18 Å². The van der Waals surface area contributed by atoms with Crippen LogP contribution < -0.4 is 10.4 Å². The summed E-state index contributed by atoms with van der Waals surface area (Å²) in [6.07, 6.45) is -3.01. The Morgan fingerprint density at radius 1 is 0.886 bits per heavy atom. The lowest BCUT2D eigenvalue weighted by Gasteiger charge is -2.13. The first kappa shape index (κ1) is 27.3. The molecule has 7 rings (SSSR count). The maximum absolute atomic E-state index is 13.4. The van der Waals surface area contributed by atoms with Crippen LogP contribution in [0.5, 0.6) is 0 Å². The van der Waals surface area contributed by atoms with Crippen molar-refractivity contribution in [1.29, 1.82) is 0 Å². The smallest absolute Gasteiger partial charge is 0.416 e. The number of hydrogen-bond donors (Lipinski definition) is 1. The van der Waals surface area contributed by atoms with Crippen molar-refractivity contribution in [2.75, 3.05) is 5.73 Å². The van der Waals surface area contributed by atoms with E-state index in [0.717, 1.165) is 45.5 Å². The molecule has 3 heterocycles. The molecule has 3 aromatic heterocycles. The predicted molar refractivity (Wildman–Crippen MR) is 163 cm³/mol. The summed E-state index contributed by atoms with van der Waals surface area (Å²) in [6, 6.07) is 29.5. The van der Waals surface area contributed by atoms with E-state index in [1.54, 1.807) is 6.07 Å². The number of hydrogen-bond acceptors (Lipinski definition) is 6. The Hall–Kier alpha value is -5.55. The Morgan fingerprint density at radius 3 is 2.39 bits per heavy atom. The summed E-state index contributed by atoms with van der Waals surface area (Å²) in [4.78, 5) is 18.8. The molecule has 2 N–H and O–H groups in total. The van der Waals surface area contributed by atoms with Gasteiger partial charge in [0, 0.05) is 23.1 Å². The molecule has 0 unspecified atom stereocenters. The van der Waals surface area contributed by atoms with Crippen LogP contribution in [0.15, 0.2) is 114 Å². The van der Waals surface area contributed by atoms with Crippen LogP contribution >= 0.6 is 11.3 Å². The highest BCUT2D eigenvalue weighted by atomic mass is 32.1. The van der Waals surface area contributed by atoms with E-state index >= 15 is 0 Å². The lowest BCUT2D eigenvalue weighted by molar-refractivity contribution is -0.670. The maximum Gasteiger partial charge on any atom is 0.416 e. The molecule has 0 atom stereocenters. The predicted octanol–water partition coefficient (Wildman–Crippen LogP) is 8.49. The van der Waals surface area contributed by atoms with Crippen molar-refractivity contribution < 1.29 is 27.2 Å². The Balaban J connectivity index is 1.35. The van der Waals surface area contributed by atoms with Crippen LogP contribution in [-0.4, -0.2) is 16.2 Å². The molecule has 0 aliphatic rings. The third-order valence-corrected chi connectivity index (χ3v) is 8.26. The number of alkyl halides is 3. The van der Waals surface area contributed by atoms with Gasteiger partial charge >= 0.3 is 6.18 Å². The standard InChI is InChI=1S/C33H20F3N5O2S/c34-33(35,36)21-15-13-20(14-16-21)25-17-26(24-12-6-8-19-7-4-5-11-23(19)24)38-32-28(25)29(37)30(44-32)31(42)39-27-18-41(40-43-27)22-9-2-1-3-10-22/h1-18H,(H2-,37,39,40,42). The second kappa shape index (κ2) is 10.6. The Bertz CT molecular complexity index is 2170. The van der Waals surface area contributed by atoms with Crippen LogP contribution in [0.4, 0.5) is 24.7 Å². The number of anilines is 1. The van der Waals surface area contributed by atoms with Gasteiger partial charge in [-0.25, -0.2) is 4.98 Å². The third kappa shape index (κ3) is 4.92. The summed E-state index contributed by atoms with van der Waals surface area (Å²) in [5.74, 6) is -0.685. The lowest BCUT2D eigenvalue weighted by atomic mass is 9.96. The van der Waals surface area contributed by atoms with Gasteiger partial charge < -0.3 is 20.4 Å². The molecule has 216 valence electrons. The number of fused-ring (bicyclic) bond motifs is 2. The van der Waals surface area contributed by atoms with E-state index in [9.17, 15) is 18.0 Å². The molecule has 4 aromatic carbocycles. The van der Waals surface area contributed by atoms with Crippen LogP contribution in [0.1, 0.15) is 15.2 Å². The van der Waals surface area contributed by atoms with Gasteiger partial charge in [0.05, 0.1) is 21.8 Å². The van der Waals surface area contributed by atoms with Gasteiger partial charge in [-0.1, -0.05) is 72.8 Å². The molecule has 0 aliphatic carbocycles. The fraction of sp³-hybridized carbons (Fsp3) is 0.0303. The molecule has 0 radical (unpaired) electrons. The van der Waals surface area contributed by atoms with Crippen molar-refractivity contribution in [2.24, 2.45) is 0 Å². The van der Waals surface area contributed by atoms with E-state index in [0.29, 0.717) is 27.0 Å². The van der Waals surface area contributed by atoms with Gasteiger partial charge in [-0.15, -0.1) is 11.3 Å². The SMILES string of the molecule is Nc1c(C(=O)[N-]c2c[n+](-c3ccccc3)no2)sc2nc(-c3cccc4ccccc34)cc(-c3ccc(C(F)(F)F)cc3)c12. The van der Waals surface area contributed by atoms with Gasteiger partial charge in [-0.2, -0.15) is 13.2 Å². The average molecular weight is 608 g/mol. The average Bonchev–Trinajstić information content (AvgIpc) is 3.64. The Kier molecular flexibility index (Phi) is 6.59. The van der Waals surface area contributed by atoms with Gasteiger partial charge in [-0.05, 0) is 44.8 Å². The number of carbonyl (C=O) groups excluding carboxylic acids is 1. The zero-order valence-corrected chi connectivity index (χ0v) is 23.4. The van der Waals surface area contributed by atoms with E-state index in [2.05, 4.69) is 10.6 Å².